The van der Waals surface area contributed by atoms with Gasteiger partial charge in [0, 0.05) is 31.3 Å². The maximum absolute atomic E-state index is 12.8. The largest absolute Gasteiger partial charge is 0.451 e. The number of fused-ring (bicyclic) bond motifs is 5. The molecule has 4 aliphatic carbocycles. The third kappa shape index (κ3) is 2.72. The molecule has 1 N–H and O–H groups in total. The highest BCUT2D eigenvalue weighted by atomic mass is 16.6. The zero-order chi connectivity index (χ0) is 21.2. The summed E-state index contributed by atoms with van der Waals surface area (Å²) < 4.78 is 5.82. The minimum Gasteiger partial charge on any atom is -0.451 e. The van der Waals surface area contributed by atoms with Crippen LogP contribution in [0.1, 0.15) is 72.6 Å². The van der Waals surface area contributed by atoms with Gasteiger partial charge in [0.1, 0.15) is 0 Å². The Morgan fingerprint density at radius 3 is 2.45 bits per heavy atom. The molecule has 0 amide bonds. The van der Waals surface area contributed by atoms with Crippen LogP contribution in [0.15, 0.2) is 11.6 Å². The highest BCUT2D eigenvalue weighted by Gasteiger charge is 2.68. The number of Topliss-reactive ketones (excluding diaryl/α,β-unsaturated/α-hetero) is 1. The zero-order valence-corrected chi connectivity index (χ0v) is 18.1. The van der Waals surface area contributed by atoms with Crippen LogP contribution in [0.2, 0.25) is 0 Å². The summed E-state index contributed by atoms with van der Waals surface area (Å²) in [4.78, 5) is 36.9. The van der Waals surface area contributed by atoms with Crippen LogP contribution in [0.5, 0.6) is 0 Å². The number of hydrogen-bond donors (Lipinski definition) is 1. The molecule has 4 rings (SSSR count). The standard InChI is InChI=1S/C24H34O5/c1-14(26)24(29-15(2)27)10-7-20-18-11-16(13-25)21-12-17(28)5-8-22(21,3)19(18)6-9-23(20,24)4/h12,16,18-20,25H,5-11,13H2,1-4H3/t16-,18-,19+,20+,22-,23+,24+/m1/s1. The molecule has 0 aromatic rings. The van der Waals surface area contributed by atoms with Gasteiger partial charge in [-0.05, 0) is 74.7 Å². The second-order valence-electron chi connectivity index (χ2n) is 10.4. The second kappa shape index (κ2) is 6.76. The Kier molecular flexibility index (Phi) is 4.84. The van der Waals surface area contributed by atoms with Gasteiger partial charge in [0.25, 0.3) is 0 Å². The van der Waals surface area contributed by atoms with Crippen molar-refractivity contribution in [3.05, 3.63) is 11.6 Å². The van der Waals surface area contributed by atoms with Gasteiger partial charge in [-0.25, -0.2) is 0 Å². The minimum atomic E-state index is -1.03. The van der Waals surface area contributed by atoms with E-state index in [1.807, 2.05) is 6.08 Å². The van der Waals surface area contributed by atoms with Gasteiger partial charge < -0.3 is 9.84 Å². The maximum atomic E-state index is 12.8. The summed E-state index contributed by atoms with van der Waals surface area (Å²) in [6.07, 6.45) is 7.38. The lowest BCUT2D eigenvalue weighted by atomic mass is 9.44. The molecule has 0 aromatic heterocycles. The molecule has 0 aromatic carbocycles. The van der Waals surface area contributed by atoms with Gasteiger partial charge in [-0.15, -0.1) is 0 Å². The summed E-state index contributed by atoms with van der Waals surface area (Å²) in [5, 5.41) is 10.2. The van der Waals surface area contributed by atoms with E-state index in [4.69, 9.17) is 4.74 Å². The van der Waals surface area contributed by atoms with Crippen LogP contribution in [-0.4, -0.2) is 34.9 Å². The van der Waals surface area contributed by atoms with E-state index < -0.39 is 5.60 Å². The molecule has 5 heteroatoms. The predicted octanol–water partition coefficient (Wildman–Crippen LogP) is 3.63. The van der Waals surface area contributed by atoms with Crippen molar-refractivity contribution in [3.8, 4) is 0 Å². The Hall–Kier alpha value is -1.49. The highest BCUT2D eigenvalue weighted by molar-refractivity contribution is 5.92. The van der Waals surface area contributed by atoms with Crippen molar-refractivity contribution >= 4 is 17.5 Å². The number of rotatable bonds is 3. The molecule has 0 saturated heterocycles. The lowest BCUT2D eigenvalue weighted by Gasteiger charge is -2.60. The molecule has 3 fully saturated rings. The number of aliphatic hydroxyl groups excluding tert-OH is 1. The average molecular weight is 403 g/mol. The van der Waals surface area contributed by atoms with Crippen molar-refractivity contribution in [2.24, 2.45) is 34.5 Å². The fourth-order valence-electron chi connectivity index (χ4n) is 8.02. The van der Waals surface area contributed by atoms with E-state index in [9.17, 15) is 19.5 Å². The second-order valence-corrected chi connectivity index (χ2v) is 10.4. The van der Waals surface area contributed by atoms with E-state index in [0.717, 1.165) is 37.7 Å². The predicted molar refractivity (Wildman–Crippen MR) is 108 cm³/mol. The maximum Gasteiger partial charge on any atom is 0.303 e. The van der Waals surface area contributed by atoms with E-state index in [-0.39, 0.29) is 46.8 Å². The molecule has 0 radical (unpaired) electrons. The molecule has 29 heavy (non-hydrogen) atoms. The Balaban J connectivity index is 1.75. The molecule has 0 aliphatic heterocycles. The fraction of sp³-hybridized carbons (Fsp3) is 0.792. The first kappa shape index (κ1) is 20.8. The quantitative estimate of drug-likeness (QED) is 0.729. The summed E-state index contributed by atoms with van der Waals surface area (Å²) in [6, 6.07) is 0. The first-order valence-electron chi connectivity index (χ1n) is 11.2. The molecule has 5 nitrogen and oxygen atoms in total. The van der Waals surface area contributed by atoms with Crippen molar-refractivity contribution in [2.75, 3.05) is 6.61 Å². The van der Waals surface area contributed by atoms with Crippen molar-refractivity contribution in [3.63, 3.8) is 0 Å². The summed E-state index contributed by atoms with van der Waals surface area (Å²) in [7, 11) is 0. The number of ketones is 2. The molecule has 0 spiro atoms. The Morgan fingerprint density at radius 2 is 1.83 bits per heavy atom. The van der Waals surface area contributed by atoms with E-state index in [1.54, 1.807) is 6.92 Å². The molecular weight excluding hydrogens is 368 g/mol. The normalized spacial score (nSPS) is 46.2. The lowest BCUT2D eigenvalue weighted by Crippen LogP contribution is -2.59. The molecule has 0 bridgehead atoms. The fourth-order valence-corrected chi connectivity index (χ4v) is 8.02. The smallest absolute Gasteiger partial charge is 0.303 e. The SMILES string of the molecule is CC(=O)O[C@]1(C(C)=O)CC[C@H]2[C@@H]3C[C@H](CO)C4=CC(=O)CC[C@]4(C)[C@H]3CC[C@@]21C. The highest BCUT2D eigenvalue weighted by Crippen LogP contribution is 2.69. The summed E-state index contributed by atoms with van der Waals surface area (Å²) >= 11 is 0. The Morgan fingerprint density at radius 1 is 1.14 bits per heavy atom. The van der Waals surface area contributed by atoms with Crippen molar-refractivity contribution < 1.29 is 24.2 Å². The number of esters is 1. The first-order valence-corrected chi connectivity index (χ1v) is 11.2. The molecule has 4 aliphatic rings. The summed E-state index contributed by atoms with van der Waals surface area (Å²) in [5.41, 5.74) is -0.304. The Bertz CT molecular complexity index is 784. The van der Waals surface area contributed by atoms with Crippen molar-refractivity contribution in [1.82, 2.24) is 0 Å². The monoisotopic (exact) mass is 402 g/mol. The van der Waals surface area contributed by atoms with Crippen LogP contribution < -0.4 is 0 Å². The molecule has 160 valence electrons. The van der Waals surface area contributed by atoms with E-state index in [2.05, 4.69) is 13.8 Å². The minimum absolute atomic E-state index is 0.00824. The van der Waals surface area contributed by atoms with Crippen LogP contribution >= 0.6 is 0 Å². The van der Waals surface area contributed by atoms with E-state index >= 15 is 0 Å². The van der Waals surface area contributed by atoms with Gasteiger partial charge in [-0.3, -0.25) is 14.4 Å². The molecular formula is C24H34O5. The first-order chi connectivity index (χ1) is 13.6. The summed E-state index contributed by atoms with van der Waals surface area (Å²) in [5.74, 6) is 0.871. The van der Waals surface area contributed by atoms with Gasteiger partial charge in [0.15, 0.2) is 17.2 Å². The molecule has 0 heterocycles. The third-order valence-electron chi connectivity index (χ3n) is 9.35. The van der Waals surface area contributed by atoms with Crippen LogP contribution in [0, 0.1) is 34.5 Å². The van der Waals surface area contributed by atoms with Crippen molar-refractivity contribution in [1.29, 1.82) is 0 Å². The number of aliphatic hydroxyl groups is 1. The number of carbonyl (C=O) groups is 3. The van der Waals surface area contributed by atoms with Crippen molar-refractivity contribution in [2.45, 2.75) is 78.2 Å². The van der Waals surface area contributed by atoms with Gasteiger partial charge in [0.05, 0.1) is 0 Å². The molecule has 7 atom stereocenters. The van der Waals surface area contributed by atoms with Gasteiger partial charge in [0.2, 0.25) is 0 Å². The van der Waals surface area contributed by atoms with Gasteiger partial charge >= 0.3 is 5.97 Å². The van der Waals surface area contributed by atoms with Crippen LogP contribution in [-0.2, 0) is 19.1 Å². The average Bonchev–Trinajstić information content (AvgIpc) is 2.95. The number of hydrogen-bond acceptors (Lipinski definition) is 5. The Labute approximate surface area is 173 Å². The van der Waals surface area contributed by atoms with Gasteiger partial charge in [-0.1, -0.05) is 19.4 Å². The van der Waals surface area contributed by atoms with Crippen LogP contribution in [0.4, 0.5) is 0 Å². The number of ether oxygens (including phenoxy) is 1. The van der Waals surface area contributed by atoms with Crippen LogP contribution in [0.25, 0.3) is 0 Å². The van der Waals surface area contributed by atoms with E-state index in [1.165, 1.54) is 6.92 Å². The third-order valence-corrected chi connectivity index (χ3v) is 9.35. The van der Waals surface area contributed by atoms with Gasteiger partial charge in [-0.2, -0.15) is 0 Å². The molecule has 0 unspecified atom stereocenters. The van der Waals surface area contributed by atoms with Crippen LogP contribution in [0.3, 0.4) is 0 Å². The number of carbonyl (C=O) groups excluding carboxylic acids is 3. The van der Waals surface area contributed by atoms with E-state index in [0.29, 0.717) is 24.7 Å². The zero-order valence-electron chi connectivity index (χ0n) is 18.1. The molecule has 3 saturated carbocycles. The topological polar surface area (TPSA) is 80.7 Å². The summed E-state index contributed by atoms with van der Waals surface area (Å²) in [6.45, 7) is 7.45. The lowest BCUT2D eigenvalue weighted by molar-refractivity contribution is -0.188.